The third kappa shape index (κ3) is 1.68. The molecule has 0 unspecified atom stereocenters. The lowest BCUT2D eigenvalue weighted by Gasteiger charge is -2.12. The van der Waals surface area contributed by atoms with Crippen molar-refractivity contribution in [2.75, 3.05) is 25.1 Å². The van der Waals surface area contributed by atoms with Crippen LogP contribution < -0.4 is 4.90 Å². The monoisotopic (exact) mass is 216 g/mol. The van der Waals surface area contributed by atoms with Crippen molar-refractivity contribution in [3.05, 3.63) is 5.38 Å². The Hall–Kier alpha value is -0.850. The van der Waals surface area contributed by atoms with Gasteiger partial charge in [-0.3, -0.25) is 0 Å². The SMILES string of the molecule is CO[C@@H]1CN(c2nc(O)cs2)C[C@H]1O. The smallest absolute Gasteiger partial charge is 0.223 e. The molecule has 2 atom stereocenters. The van der Waals surface area contributed by atoms with Crippen molar-refractivity contribution in [3.8, 4) is 5.88 Å². The highest BCUT2D eigenvalue weighted by Crippen LogP contribution is 2.27. The van der Waals surface area contributed by atoms with Crippen LogP contribution in [0.1, 0.15) is 0 Å². The van der Waals surface area contributed by atoms with E-state index in [0.29, 0.717) is 13.1 Å². The molecular weight excluding hydrogens is 204 g/mol. The molecule has 0 saturated carbocycles. The highest BCUT2D eigenvalue weighted by atomic mass is 32.1. The average molecular weight is 216 g/mol. The highest BCUT2D eigenvalue weighted by molar-refractivity contribution is 7.13. The van der Waals surface area contributed by atoms with Crippen molar-refractivity contribution in [3.63, 3.8) is 0 Å². The first kappa shape index (κ1) is 9.70. The van der Waals surface area contributed by atoms with Crippen LogP contribution in [0, 0.1) is 0 Å². The van der Waals surface area contributed by atoms with E-state index < -0.39 is 6.10 Å². The molecule has 1 aromatic rings. The summed E-state index contributed by atoms with van der Waals surface area (Å²) in [5, 5.41) is 21.0. The molecule has 0 aromatic carbocycles. The van der Waals surface area contributed by atoms with Gasteiger partial charge in [0.2, 0.25) is 5.88 Å². The van der Waals surface area contributed by atoms with Crippen LogP contribution in [0.2, 0.25) is 0 Å². The van der Waals surface area contributed by atoms with Gasteiger partial charge in [-0.05, 0) is 0 Å². The number of anilines is 1. The zero-order valence-corrected chi connectivity index (χ0v) is 8.57. The molecule has 1 aliphatic rings. The third-order valence-electron chi connectivity index (χ3n) is 2.29. The number of hydrogen-bond acceptors (Lipinski definition) is 6. The number of aromatic nitrogens is 1. The molecule has 1 aromatic heterocycles. The predicted octanol–water partition coefficient (Wildman–Crippen LogP) is 0.0446. The molecule has 0 amide bonds. The van der Waals surface area contributed by atoms with E-state index in [0.717, 1.165) is 5.13 Å². The number of ether oxygens (including phenoxy) is 1. The number of β-amino-alcohol motifs (C(OH)–C–C–N with tert-alkyl or cyclic N) is 1. The third-order valence-corrected chi connectivity index (χ3v) is 3.18. The molecule has 14 heavy (non-hydrogen) atoms. The van der Waals surface area contributed by atoms with E-state index in [2.05, 4.69) is 4.98 Å². The van der Waals surface area contributed by atoms with Crippen LogP contribution in [-0.2, 0) is 4.74 Å². The minimum atomic E-state index is -0.481. The molecule has 78 valence electrons. The Kier molecular flexibility index (Phi) is 2.58. The van der Waals surface area contributed by atoms with E-state index >= 15 is 0 Å². The van der Waals surface area contributed by atoms with Gasteiger partial charge in [-0.2, -0.15) is 4.98 Å². The molecule has 1 aliphatic heterocycles. The fourth-order valence-electron chi connectivity index (χ4n) is 1.55. The van der Waals surface area contributed by atoms with Crippen LogP contribution in [0.5, 0.6) is 5.88 Å². The summed E-state index contributed by atoms with van der Waals surface area (Å²) in [6, 6.07) is 0. The van der Waals surface area contributed by atoms with E-state index in [1.165, 1.54) is 11.3 Å². The van der Waals surface area contributed by atoms with Gasteiger partial charge in [-0.1, -0.05) is 0 Å². The van der Waals surface area contributed by atoms with Gasteiger partial charge >= 0.3 is 0 Å². The van der Waals surface area contributed by atoms with E-state index in [-0.39, 0.29) is 12.0 Å². The minimum Gasteiger partial charge on any atom is -0.493 e. The number of nitrogens with zero attached hydrogens (tertiary/aromatic N) is 2. The number of aliphatic hydroxyl groups is 1. The fraction of sp³-hybridized carbons (Fsp3) is 0.625. The van der Waals surface area contributed by atoms with Crippen molar-refractivity contribution in [2.24, 2.45) is 0 Å². The Bertz CT molecular complexity index is 317. The molecule has 0 aliphatic carbocycles. The van der Waals surface area contributed by atoms with Gasteiger partial charge in [0.05, 0.1) is 11.5 Å². The summed E-state index contributed by atoms with van der Waals surface area (Å²) in [5.74, 6) is 0.0281. The summed E-state index contributed by atoms with van der Waals surface area (Å²) < 4.78 is 5.10. The van der Waals surface area contributed by atoms with E-state index in [4.69, 9.17) is 9.84 Å². The van der Waals surface area contributed by atoms with Gasteiger partial charge in [0.25, 0.3) is 0 Å². The van der Waals surface area contributed by atoms with Crippen LogP contribution >= 0.6 is 11.3 Å². The molecule has 0 radical (unpaired) electrons. The molecule has 5 nitrogen and oxygen atoms in total. The number of rotatable bonds is 2. The summed E-state index contributed by atoms with van der Waals surface area (Å²) in [5.41, 5.74) is 0. The predicted molar refractivity (Wildman–Crippen MR) is 52.8 cm³/mol. The van der Waals surface area contributed by atoms with E-state index in [1.807, 2.05) is 4.90 Å². The fourth-order valence-corrected chi connectivity index (χ4v) is 2.25. The minimum absolute atomic E-state index is 0.0281. The second kappa shape index (κ2) is 3.72. The number of thiazole rings is 1. The molecule has 2 heterocycles. The first-order chi connectivity index (χ1) is 6.70. The van der Waals surface area contributed by atoms with Crippen LogP contribution in [0.3, 0.4) is 0 Å². The molecule has 2 N–H and O–H groups in total. The normalized spacial score (nSPS) is 27.1. The molecule has 6 heteroatoms. The van der Waals surface area contributed by atoms with Gasteiger partial charge in [0.1, 0.15) is 6.10 Å². The molecule has 0 bridgehead atoms. The quantitative estimate of drug-likeness (QED) is 0.731. The first-order valence-electron chi connectivity index (χ1n) is 4.31. The van der Waals surface area contributed by atoms with Crippen LogP contribution in [0.4, 0.5) is 5.13 Å². The maximum Gasteiger partial charge on any atom is 0.223 e. The average Bonchev–Trinajstić information content (AvgIpc) is 2.71. The lowest BCUT2D eigenvalue weighted by molar-refractivity contribution is 0.0217. The molecular formula is C8H12N2O3S. The van der Waals surface area contributed by atoms with Gasteiger partial charge in [0, 0.05) is 20.2 Å². The largest absolute Gasteiger partial charge is 0.493 e. The zero-order valence-electron chi connectivity index (χ0n) is 7.75. The first-order valence-corrected chi connectivity index (χ1v) is 5.19. The summed E-state index contributed by atoms with van der Waals surface area (Å²) in [7, 11) is 1.58. The van der Waals surface area contributed by atoms with Gasteiger partial charge in [-0.25, -0.2) is 0 Å². The summed E-state index contributed by atoms with van der Waals surface area (Å²) in [6.07, 6.45) is -0.646. The number of hydrogen-bond donors (Lipinski definition) is 2. The van der Waals surface area contributed by atoms with Crippen molar-refractivity contribution in [1.29, 1.82) is 0 Å². The van der Waals surface area contributed by atoms with E-state index in [9.17, 15) is 5.11 Å². The summed E-state index contributed by atoms with van der Waals surface area (Å²) in [6.45, 7) is 1.12. The van der Waals surface area contributed by atoms with Crippen molar-refractivity contribution in [2.45, 2.75) is 12.2 Å². The lowest BCUT2D eigenvalue weighted by Crippen LogP contribution is -2.25. The van der Waals surface area contributed by atoms with E-state index in [1.54, 1.807) is 12.5 Å². The highest BCUT2D eigenvalue weighted by Gasteiger charge is 2.32. The Morgan fingerprint density at radius 3 is 2.93 bits per heavy atom. The van der Waals surface area contributed by atoms with Crippen LogP contribution in [-0.4, -0.2) is 47.6 Å². The maximum atomic E-state index is 9.58. The van der Waals surface area contributed by atoms with Crippen LogP contribution in [0.15, 0.2) is 5.38 Å². The topological polar surface area (TPSA) is 65.8 Å². The van der Waals surface area contributed by atoms with Crippen LogP contribution in [0.25, 0.3) is 0 Å². The lowest BCUT2D eigenvalue weighted by atomic mass is 10.3. The van der Waals surface area contributed by atoms with Gasteiger partial charge in [-0.15, -0.1) is 11.3 Å². The van der Waals surface area contributed by atoms with Crippen molar-refractivity contribution >= 4 is 16.5 Å². The van der Waals surface area contributed by atoms with Gasteiger partial charge in [0.15, 0.2) is 5.13 Å². The van der Waals surface area contributed by atoms with Gasteiger partial charge < -0.3 is 19.8 Å². The second-order valence-electron chi connectivity index (χ2n) is 3.23. The maximum absolute atomic E-state index is 9.58. The Morgan fingerprint density at radius 1 is 1.64 bits per heavy atom. The molecule has 0 spiro atoms. The summed E-state index contributed by atoms with van der Waals surface area (Å²) in [4.78, 5) is 5.84. The number of aliphatic hydroxyl groups excluding tert-OH is 1. The second-order valence-corrected chi connectivity index (χ2v) is 4.07. The number of methoxy groups -OCH3 is 1. The van der Waals surface area contributed by atoms with Crippen molar-refractivity contribution < 1.29 is 14.9 Å². The van der Waals surface area contributed by atoms with Crippen molar-refractivity contribution in [1.82, 2.24) is 4.98 Å². The summed E-state index contributed by atoms with van der Waals surface area (Å²) >= 11 is 1.36. The zero-order chi connectivity index (χ0) is 10.1. The Balaban J connectivity index is 2.08. The Labute approximate surface area is 85.6 Å². The number of aromatic hydroxyl groups is 1. The Morgan fingerprint density at radius 2 is 2.43 bits per heavy atom. The molecule has 2 rings (SSSR count). The molecule has 1 saturated heterocycles. The standard InChI is InChI=1S/C8H12N2O3S/c1-13-6-3-10(2-5(6)11)8-9-7(12)4-14-8/h4-6,11-12H,2-3H2,1H3/t5-,6-/m1/s1. The molecule has 1 fully saturated rings.